The summed E-state index contributed by atoms with van der Waals surface area (Å²) < 4.78 is 13.1. The number of carbonyl (C=O) groups is 1. The van der Waals surface area contributed by atoms with Crippen molar-refractivity contribution in [1.82, 2.24) is 9.97 Å². The fourth-order valence-corrected chi connectivity index (χ4v) is 2.01. The monoisotopic (exact) mass is 271 g/mol. The van der Waals surface area contributed by atoms with Crippen molar-refractivity contribution in [2.45, 2.75) is 0 Å². The SMILES string of the molecule is O=C(Nc1cccc(F)c1)c1cccc2[nH]c(=O)[nH]c12. The molecule has 3 rings (SSSR count). The minimum atomic E-state index is -0.434. The molecule has 0 aliphatic carbocycles. The maximum atomic E-state index is 13.1. The third-order valence-corrected chi connectivity index (χ3v) is 2.88. The molecule has 0 bridgehead atoms. The van der Waals surface area contributed by atoms with Gasteiger partial charge >= 0.3 is 5.69 Å². The lowest BCUT2D eigenvalue weighted by Crippen LogP contribution is -2.12. The van der Waals surface area contributed by atoms with Crippen LogP contribution >= 0.6 is 0 Å². The molecule has 5 nitrogen and oxygen atoms in total. The molecule has 0 radical (unpaired) electrons. The van der Waals surface area contributed by atoms with Gasteiger partial charge in [0.1, 0.15) is 5.82 Å². The molecule has 0 saturated carbocycles. The van der Waals surface area contributed by atoms with Crippen LogP contribution in [-0.2, 0) is 0 Å². The summed E-state index contributed by atoms with van der Waals surface area (Å²) in [4.78, 5) is 28.6. The van der Waals surface area contributed by atoms with Crippen LogP contribution in [-0.4, -0.2) is 15.9 Å². The van der Waals surface area contributed by atoms with Crippen LogP contribution in [0.2, 0.25) is 0 Å². The first-order valence-electron chi connectivity index (χ1n) is 5.91. The molecule has 20 heavy (non-hydrogen) atoms. The van der Waals surface area contributed by atoms with Crippen molar-refractivity contribution in [1.29, 1.82) is 0 Å². The molecule has 0 atom stereocenters. The van der Waals surface area contributed by atoms with Crippen LogP contribution in [0, 0.1) is 5.82 Å². The number of H-pyrrole nitrogens is 2. The Morgan fingerprint density at radius 2 is 1.90 bits per heavy atom. The molecule has 0 aliphatic heterocycles. The van der Waals surface area contributed by atoms with E-state index in [4.69, 9.17) is 0 Å². The van der Waals surface area contributed by atoms with Crippen LogP contribution in [0.25, 0.3) is 11.0 Å². The molecule has 6 heteroatoms. The van der Waals surface area contributed by atoms with Gasteiger partial charge in [-0.05, 0) is 30.3 Å². The molecule has 0 spiro atoms. The van der Waals surface area contributed by atoms with Crippen LogP contribution in [0.1, 0.15) is 10.4 Å². The molecule has 0 fully saturated rings. The van der Waals surface area contributed by atoms with E-state index >= 15 is 0 Å². The van der Waals surface area contributed by atoms with E-state index < -0.39 is 11.7 Å². The number of carbonyl (C=O) groups excluding carboxylic acids is 1. The van der Waals surface area contributed by atoms with Crippen LogP contribution in [0.15, 0.2) is 47.3 Å². The first-order chi connectivity index (χ1) is 9.63. The quantitative estimate of drug-likeness (QED) is 0.668. The summed E-state index contributed by atoms with van der Waals surface area (Å²) in [6.07, 6.45) is 0. The second-order valence-electron chi connectivity index (χ2n) is 4.27. The first-order valence-corrected chi connectivity index (χ1v) is 5.91. The Hall–Kier alpha value is -2.89. The molecule has 3 N–H and O–H groups in total. The molecule has 0 aliphatic rings. The number of fused-ring (bicyclic) bond motifs is 1. The standard InChI is InChI=1S/C14H10FN3O2/c15-8-3-1-4-9(7-8)16-13(19)10-5-2-6-11-12(10)18-14(20)17-11/h1-7H,(H,16,19)(H2,17,18,20). The van der Waals surface area contributed by atoms with Gasteiger partial charge in [0.05, 0.1) is 16.6 Å². The highest BCUT2D eigenvalue weighted by molar-refractivity contribution is 6.11. The minimum absolute atomic E-state index is 0.310. The summed E-state index contributed by atoms with van der Waals surface area (Å²) in [5, 5.41) is 2.59. The Morgan fingerprint density at radius 1 is 1.10 bits per heavy atom. The lowest BCUT2D eigenvalue weighted by atomic mass is 10.1. The van der Waals surface area contributed by atoms with E-state index in [1.54, 1.807) is 24.3 Å². The Labute approximate surface area is 112 Å². The van der Waals surface area contributed by atoms with E-state index in [0.717, 1.165) is 0 Å². The number of rotatable bonds is 2. The van der Waals surface area contributed by atoms with Gasteiger partial charge in [0.15, 0.2) is 0 Å². The molecule has 0 unspecified atom stereocenters. The van der Waals surface area contributed by atoms with Gasteiger partial charge in [0, 0.05) is 5.69 Å². The number of hydrogen-bond acceptors (Lipinski definition) is 2. The molecule has 0 saturated heterocycles. The van der Waals surface area contributed by atoms with Gasteiger partial charge in [0.25, 0.3) is 5.91 Å². The van der Waals surface area contributed by atoms with E-state index in [1.165, 1.54) is 18.2 Å². The van der Waals surface area contributed by atoms with Gasteiger partial charge in [-0.2, -0.15) is 0 Å². The normalized spacial score (nSPS) is 10.7. The molecule has 2 aromatic carbocycles. The Kier molecular flexibility index (Phi) is 2.83. The molecule has 100 valence electrons. The predicted octanol–water partition coefficient (Wildman–Crippen LogP) is 2.25. The van der Waals surface area contributed by atoms with Gasteiger partial charge in [-0.1, -0.05) is 12.1 Å². The minimum Gasteiger partial charge on any atom is -0.322 e. The van der Waals surface area contributed by atoms with Crippen LogP contribution in [0.5, 0.6) is 0 Å². The fourth-order valence-electron chi connectivity index (χ4n) is 2.01. The fraction of sp³-hybridized carbons (Fsp3) is 0. The van der Waals surface area contributed by atoms with Crippen LogP contribution in [0.4, 0.5) is 10.1 Å². The average molecular weight is 271 g/mol. The highest BCUT2D eigenvalue weighted by atomic mass is 19.1. The van der Waals surface area contributed by atoms with Crippen molar-refractivity contribution in [3.05, 3.63) is 64.3 Å². The van der Waals surface area contributed by atoms with Crippen LogP contribution < -0.4 is 11.0 Å². The molecular formula is C14H10FN3O2. The maximum Gasteiger partial charge on any atom is 0.323 e. The largest absolute Gasteiger partial charge is 0.323 e. The third-order valence-electron chi connectivity index (χ3n) is 2.88. The number of aromatic nitrogens is 2. The van der Waals surface area contributed by atoms with E-state index in [1.807, 2.05) is 0 Å². The number of para-hydroxylation sites is 1. The predicted molar refractivity (Wildman–Crippen MR) is 73.3 cm³/mol. The van der Waals surface area contributed by atoms with Crippen molar-refractivity contribution >= 4 is 22.6 Å². The molecule has 1 heterocycles. The molecular weight excluding hydrogens is 261 g/mol. The second kappa shape index (κ2) is 4.65. The lowest BCUT2D eigenvalue weighted by molar-refractivity contribution is 0.102. The molecule has 1 amide bonds. The van der Waals surface area contributed by atoms with Crippen molar-refractivity contribution < 1.29 is 9.18 Å². The Balaban J connectivity index is 1.98. The summed E-state index contributed by atoms with van der Waals surface area (Å²) >= 11 is 0. The van der Waals surface area contributed by atoms with Crippen molar-refractivity contribution in [2.24, 2.45) is 0 Å². The number of amides is 1. The third kappa shape index (κ3) is 2.18. The summed E-state index contributed by atoms with van der Waals surface area (Å²) in [5.74, 6) is -0.854. The summed E-state index contributed by atoms with van der Waals surface area (Å²) in [5.41, 5.74) is 1.24. The first kappa shape index (κ1) is 12.2. The number of imidazole rings is 1. The van der Waals surface area contributed by atoms with E-state index in [-0.39, 0.29) is 5.69 Å². The maximum absolute atomic E-state index is 13.1. The Morgan fingerprint density at radius 3 is 2.70 bits per heavy atom. The van der Waals surface area contributed by atoms with Crippen molar-refractivity contribution in [3.63, 3.8) is 0 Å². The zero-order valence-corrected chi connectivity index (χ0v) is 10.2. The smallest absolute Gasteiger partial charge is 0.322 e. The number of halogens is 1. The van der Waals surface area contributed by atoms with Crippen LogP contribution in [0.3, 0.4) is 0 Å². The van der Waals surface area contributed by atoms with E-state index in [9.17, 15) is 14.0 Å². The number of benzene rings is 2. The van der Waals surface area contributed by atoms with Crippen molar-refractivity contribution in [3.8, 4) is 0 Å². The number of hydrogen-bond donors (Lipinski definition) is 3. The lowest BCUT2D eigenvalue weighted by Gasteiger charge is -2.06. The summed E-state index contributed by atoms with van der Waals surface area (Å²) in [6, 6.07) is 10.5. The zero-order valence-electron chi connectivity index (χ0n) is 10.2. The average Bonchev–Trinajstić information content (AvgIpc) is 2.78. The second-order valence-corrected chi connectivity index (χ2v) is 4.27. The highest BCUT2D eigenvalue weighted by Gasteiger charge is 2.12. The van der Waals surface area contributed by atoms with Gasteiger partial charge in [-0.25, -0.2) is 9.18 Å². The van der Waals surface area contributed by atoms with Gasteiger partial charge in [-0.15, -0.1) is 0 Å². The number of anilines is 1. The van der Waals surface area contributed by atoms with E-state index in [0.29, 0.717) is 22.3 Å². The topological polar surface area (TPSA) is 77.8 Å². The molecule has 3 aromatic rings. The molecule has 1 aromatic heterocycles. The number of aromatic amines is 2. The number of nitrogens with one attached hydrogen (secondary N) is 3. The summed E-state index contributed by atoms with van der Waals surface area (Å²) in [6.45, 7) is 0. The van der Waals surface area contributed by atoms with Gasteiger partial charge < -0.3 is 15.3 Å². The Bertz CT molecular complexity index is 851. The highest BCUT2D eigenvalue weighted by Crippen LogP contribution is 2.16. The zero-order chi connectivity index (χ0) is 14.1. The van der Waals surface area contributed by atoms with Gasteiger partial charge in [-0.3, -0.25) is 4.79 Å². The summed E-state index contributed by atoms with van der Waals surface area (Å²) in [7, 11) is 0. The van der Waals surface area contributed by atoms with Crippen molar-refractivity contribution in [2.75, 3.05) is 5.32 Å². The van der Waals surface area contributed by atoms with Gasteiger partial charge in [0.2, 0.25) is 0 Å². The van der Waals surface area contributed by atoms with E-state index in [2.05, 4.69) is 15.3 Å².